The number of fused-ring (bicyclic) bond motifs is 2. The number of hydrogen-bond donors (Lipinski definition) is 0. The summed E-state index contributed by atoms with van der Waals surface area (Å²) in [5, 5.41) is 4.79. The maximum atomic E-state index is 12.8. The van der Waals surface area contributed by atoms with Gasteiger partial charge in [-0.3, -0.25) is 9.59 Å². The first kappa shape index (κ1) is 29.4. The minimum Gasteiger partial charge on any atom is -0.489 e. The van der Waals surface area contributed by atoms with Crippen LogP contribution >= 0.6 is 23.2 Å². The molecule has 218 valence electrons. The number of aryl methyl sites for hydroxylation is 1. The molecule has 0 radical (unpaired) electrons. The van der Waals surface area contributed by atoms with E-state index < -0.39 is 0 Å². The van der Waals surface area contributed by atoms with Gasteiger partial charge in [0, 0.05) is 32.3 Å². The summed E-state index contributed by atoms with van der Waals surface area (Å²) < 4.78 is 12.4. The minimum absolute atomic E-state index is 0.327. The predicted octanol–water partition coefficient (Wildman–Crippen LogP) is 10.4. The molecule has 0 atom stereocenters. The fourth-order valence-corrected chi connectivity index (χ4v) is 6.10. The first-order valence-electron chi connectivity index (χ1n) is 14.1. The van der Waals surface area contributed by atoms with Crippen molar-refractivity contribution in [2.75, 3.05) is 0 Å². The number of rotatable bonds is 9. The highest BCUT2D eigenvalue weighted by atomic mass is 35.5. The van der Waals surface area contributed by atoms with Gasteiger partial charge in [0.15, 0.2) is 12.6 Å². The third-order valence-electron chi connectivity index (χ3n) is 8.01. The highest BCUT2D eigenvalue weighted by Gasteiger charge is 2.21. The maximum absolute atomic E-state index is 12.8. The zero-order valence-electron chi connectivity index (χ0n) is 24.2. The van der Waals surface area contributed by atoms with Gasteiger partial charge in [0.25, 0.3) is 0 Å². The molecule has 0 aliphatic carbocycles. The van der Waals surface area contributed by atoms with Crippen LogP contribution in [0.5, 0.6) is 11.5 Å². The van der Waals surface area contributed by atoms with E-state index >= 15 is 0 Å². The minimum atomic E-state index is 0.327. The highest BCUT2D eigenvalue weighted by molar-refractivity contribution is 6.30. The normalized spacial score (nSPS) is 11.1. The van der Waals surface area contributed by atoms with Gasteiger partial charge in [-0.15, -0.1) is 0 Å². The van der Waals surface area contributed by atoms with Crippen molar-refractivity contribution in [2.24, 2.45) is 0 Å². The fourth-order valence-electron chi connectivity index (χ4n) is 5.67. The van der Waals surface area contributed by atoms with Crippen LogP contribution in [0.15, 0.2) is 97.1 Å². The zero-order chi connectivity index (χ0) is 30.8. The number of ether oxygens (including phenoxy) is 2. The van der Waals surface area contributed by atoms with Gasteiger partial charge in [0.2, 0.25) is 0 Å². The van der Waals surface area contributed by atoms with Crippen LogP contribution in [0.3, 0.4) is 0 Å². The Kier molecular flexibility index (Phi) is 8.38. The van der Waals surface area contributed by atoms with Gasteiger partial charge in [-0.05, 0) is 106 Å². The lowest BCUT2D eigenvalue weighted by Crippen LogP contribution is -2.02. The van der Waals surface area contributed by atoms with Gasteiger partial charge in [0.1, 0.15) is 24.7 Å². The quantitative estimate of drug-likeness (QED) is 0.151. The first-order valence-corrected chi connectivity index (χ1v) is 14.9. The Balaban J connectivity index is 1.52. The standard InChI is InChI=1S/C38H28Cl2O4/c1-23-24(2)36(20-42)38(35-18-32(13-14-33(23)35)44-22-26-6-4-8-30(40)16-26)37-28(19-41)10-9-27-11-12-31(17-34(27)37)43-21-25-5-3-7-29(39)15-25/h3-20H,21-22H2,1-2H3. The fraction of sp³-hybridized carbons (Fsp3) is 0.105. The summed E-state index contributed by atoms with van der Waals surface area (Å²) in [4.78, 5) is 25.3. The molecule has 0 unspecified atom stereocenters. The first-order chi connectivity index (χ1) is 21.4. The molecule has 4 nitrogen and oxygen atoms in total. The van der Waals surface area contributed by atoms with Crippen molar-refractivity contribution in [3.63, 3.8) is 0 Å². The molecule has 0 heterocycles. The molecule has 6 rings (SSSR count). The molecule has 0 fully saturated rings. The maximum Gasteiger partial charge on any atom is 0.150 e. The van der Waals surface area contributed by atoms with E-state index in [1.165, 1.54) is 0 Å². The second kappa shape index (κ2) is 12.5. The van der Waals surface area contributed by atoms with Gasteiger partial charge in [-0.1, -0.05) is 71.7 Å². The Hall–Kier alpha value is -4.64. The van der Waals surface area contributed by atoms with Crippen LogP contribution in [0.1, 0.15) is 43.0 Å². The van der Waals surface area contributed by atoms with Crippen LogP contribution < -0.4 is 9.47 Å². The van der Waals surface area contributed by atoms with Gasteiger partial charge < -0.3 is 9.47 Å². The molecule has 0 saturated carbocycles. The molecule has 0 spiro atoms. The Bertz CT molecular complexity index is 2070. The molecular weight excluding hydrogens is 591 g/mol. The molecular formula is C38H28Cl2O4. The van der Waals surface area contributed by atoms with E-state index in [1.54, 1.807) is 6.07 Å². The summed E-state index contributed by atoms with van der Waals surface area (Å²) in [6, 6.07) is 30.4. The largest absolute Gasteiger partial charge is 0.489 e. The lowest BCUT2D eigenvalue weighted by atomic mass is 9.83. The third kappa shape index (κ3) is 5.79. The molecule has 0 aromatic heterocycles. The molecule has 6 aromatic rings. The summed E-state index contributed by atoms with van der Waals surface area (Å²) in [6.45, 7) is 4.60. The number of carbonyl (C=O) groups excluding carboxylic acids is 2. The molecule has 44 heavy (non-hydrogen) atoms. The molecule has 0 aliphatic rings. The topological polar surface area (TPSA) is 52.6 Å². The molecule has 0 amide bonds. The number of aldehydes is 2. The number of halogens is 2. The van der Waals surface area contributed by atoms with Crippen molar-refractivity contribution >= 4 is 57.3 Å². The van der Waals surface area contributed by atoms with Crippen molar-refractivity contribution in [1.82, 2.24) is 0 Å². The van der Waals surface area contributed by atoms with Crippen LogP contribution in [0.4, 0.5) is 0 Å². The van der Waals surface area contributed by atoms with Crippen LogP contribution in [0.25, 0.3) is 32.7 Å². The van der Waals surface area contributed by atoms with E-state index in [2.05, 4.69) is 0 Å². The summed E-state index contributed by atoms with van der Waals surface area (Å²) in [5.74, 6) is 1.27. The second-order valence-electron chi connectivity index (χ2n) is 10.7. The van der Waals surface area contributed by atoms with Crippen LogP contribution in [0, 0.1) is 13.8 Å². The Morgan fingerprint density at radius 2 is 1.18 bits per heavy atom. The van der Waals surface area contributed by atoms with Gasteiger partial charge in [-0.25, -0.2) is 0 Å². The van der Waals surface area contributed by atoms with E-state index in [0.717, 1.165) is 56.4 Å². The summed E-state index contributed by atoms with van der Waals surface area (Å²) >= 11 is 12.3. The van der Waals surface area contributed by atoms with Gasteiger partial charge >= 0.3 is 0 Å². The predicted molar refractivity (Wildman–Crippen MR) is 179 cm³/mol. The van der Waals surface area contributed by atoms with E-state index in [-0.39, 0.29) is 0 Å². The van der Waals surface area contributed by atoms with E-state index in [1.807, 2.05) is 105 Å². The van der Waals surface area contributed by atoms with Crippen LogP contribution in [-0.4, -0.2) is 12.6 Å². The van der Waals surface area contributed by atoms with Crippen molar-refractivity contribution in [3.05, 3.63) is 140 Å². The highest BCUT2D eigenvalue weighted by Crippen LogP contribution is 2.43. The number of benzene rings is 6. The lowest BCUT2D eigenvalue weighted by molar-refractivity contribution is 0.111. The van der Waals surface area contributed by atoms with Crippen LogP contribution in [0.2, 0.25) is 10.0 Å². The average Bonchev–Trinajstić information content (AvgIpc) is 3.04. The Morgan fingerprint density at radius 1 is 0.591 bits per heavy atom. The Labute approximate surface area is 265 Å². The molecule has 0 saturated heterocycles. The zero-order valence-corrected chi connectivity index (χ0v) is 25.7. The average molecular weight is 620 g/mol. The van der Waals surface area contributed by atoms with Gasteiger partial charge in [-0.2, -0.15) is 0 Å². The Morgan fingerprint density at radius 3 is 1.77 bits per heavy atom. The van der Waals surface area contributed by atoms with Crippen molar-refractivity contribution < 1.29 is 19.1 Å². The number of hydrogen-bond acceptors (Lipinski definition) is 4. The van der Waals surface area contributed by atoms with E-state index in [4.69, 9.17) is 32.7 Å². The third-order valence-corrected chi connectivity index (χ3v) is 8.48. The monoisotopic (exact) mass is 618 g/mol. The molecule has 6 heteroatoms. The summed E-state index contributed by atoms with van der Waals surface area (Å²) in [5.41, 5.74) is 6.09. The van der Waals surface area contributed by atoms with Crippen LogP contribution in [-0.2, 0) is 13.2 Å². The summed E-state index contributed by atoms with van der Waals surface area (Å²) in [6.07, 6.45) is 1.72. The molecule has 0 aliphatic heterocycles. The van der Waals surface area contributed by atoms with Crippen molar-refractivity contribution in [1.29, 1.82) is 0 Å². The SMILES string of the molecule is Cc1c(C=O)c(-c2c(C=O)ccc3ccc(OCc4cccc(Cl)c4)cc23)c2cc(OCc3cccc(Cl)c3)ccc2c1C. The smallest absolute Gasteiger partial charge is 0.150 e. The van der Waals surface area contributed by atoms with Crippen molar-refractivity contribution in [3.8, 4) is 22.6 Å². The molecule has 6 aromatic carbocycles. The van der Waals surface area contributed by atoms with E-state index in [9.17, 15) is 9.59 Å². The second-order valence-corrected chi connectivity index (χ2v) is 11.6. The molecule has 0 bridgehead atoms. The van der Waals surface area contributed by atoms with Crippen molar-refractivity contribution in [2.45, 2.75) is 27.1 Å². The lowest BCUT2D eigenvalue weighted by Gasteiger charge is -2.20. The summed E-state index contributed by atoms with van der Waals surface area (Å²) in [7, 11) is 0. The number of carbonyl (C=O) groups is 2. The van der Waals surface area contributed by atoms with Gasteiger partial charge in [0.05, 0.1) is 0 Å². The van der Waals surface area contributed by atoms with E-state index in [0.29, 0.717) is 57.0 Å². The molecule has 0 N–H and O–H groups in total.